The minimum Gasteiger partial charge on any atom is -0.399 e. The lowest BCUT2D eigenvalue weighted by atomic mass is 10.2. The van der Waals surface area contributed by atoms with Gasteiger partial charge in [-0.25, -0.2) is 4.98 Å². The Morgan fingerprint density at radius 1 is 1.41 bits per heavy atom. The number of aromatic nitrogens is 2. The largest absolute Gasteiger partial charge is 0.399 e. The van der Waals surface area contributed by atoms with Crippen LogP contribution in [-0.4, -0.2) is 9.38 Å². The number of imidazole rings is 1. The van der Waals surface area contributed by atoms with Gasteiger partial charge in [0.05, 0.1) is 5.69 Å². The maximum Gasteiger partial charge on any atom is 0.137 e. The third-order valence-electron chi connectivity index (χ3n) is 2.50. The molecule has 0 fully saturated rings. The lowest BCUT2D eigenvalue weighted by Gasteiger charge is -1.93. The zero-order chi connectivity index (χ0) is 12.3. The van der Waals surface area contributed by atoms with Crippen molar-refractivity contribution in [3.8, 4) is 0 Å². The van der Waals surface area contributed by atoms with Gasteiger partial charge >= 0.3 is 0 Å². The molecule has 2 rings (SSSR count). The van der Waals surface area contributed by atoms with Crippen LogP contribution in [0, 0.1) is 0 Å². The molecule has 0 radical (unpaired) electrons. The summed E-state index contributed by atoms with van der Waals surface area (Å²) in [7, 11) is 0. The van der Waals surface area contributed by atoms with Crippen LogP contribution in [0.1, 0.15) is 12.6 Å². The summed E-state index contributed by atoms with van der Waals surface area (Å²) in [5.41, 5.74) is 9.02. The molecule has 0 aromatic carbocycles. The van der Waals surface area contributed by atoms with Crippen molar-refractivity contribution >= 4 is 11.2 Å². The summed E-state index contributed by atoms with van der Waals surface area (Å²) in [4.78, 5) is 4.47. The number of allylic oxidation sites excluding steroid dienone is 4. The number of rotatable bonds is 3. The quantitative estimate of drug-likeness (QED) is 0.816. The number of nitrogens with two attached hydrogens (primary N) is 1. The standard InChI is InChI=1S/C14H15N3/c1-3-12(15)8-7-11(2)13-10-17-9-5-4-6-14(17)16-13/h3-10H,2,15H2,1H3/b8-7-,12-3+. The van der Waals surface area contributed by atoms with Crippen LogP contribution in [0.2, 0.25) is 0 Å². The van der Waals surface area contributed by atoms with E-state index in [1.54, 1.807) is 0 Å². The summed E-state index contributed by atoms with van der Waals surface area (Å²) in [5, 5.41) is 0. The molecule has 0 aliphatic heterocycles. The molecule has 2 heterocycles. The molecule has 2 aromatic heterocycles. The van der Waals surface area contributed by atoms with Gasteiger partial charge in [0.2, 0.25) is 0 Å². The van der Waals surface area contributed by atoms with E-state index in [4.69, 9.17) is 5.73 Å². The van der Waals surface area contributed by atoms with Gasteiger partial charge in [-0.2, -0.15) is 0 Å². The third-order valence-corrected chi connectivity index (χ3v) is 2.50. The van der Waals surface area contributed by atoms with E-state index in [0.717, 1.165) is 22.6 Å². The average molecular weight is 225 g/mol. The van der Waals surface area contributed by atoms with Crippen molar-refractivity contribution in [1.82, 2.24) is 9.38 Å². The first-order valence-corrected chi connectivity index (χ1v) is 5.43. The smallest absolute Gasteiger partial charge is 0.137 e. The first kappa shape index (κ1) is 11.2. The van der Waals surface area contributed by atoms with Crippen LogP contribution in [0.4, 0.5) is 0 Å². The van der Waals surface area contributed by atoms with Crippen molar-refractivity contribution in [3.05, 3.63) is 66.8 Å². The van der Waals surface area contributed by atoms with Gasteiger partial charge in [0.15, 0.2) is 0 Å². The van der Waals surface area contributed by atoms with Gasteiger partial charge in [0.25, 0.3) is 0 Å². The SMILES string of the molecule is C=C(/C=C\C(N)=C/C)c1cn2ccccc2n1. The Kier molecular flexibility index (Phi) is 3.10. The van der Waals surface area contributed by atoms with E-state index in [1.807, 2.05) is 60.1 Å². The molecule has 2 aromatic rings. The molecule has 86 valence electrons. The highest BCUT2D eigenvalue weighted by Crippen LogP contribution is 2.14. The number of hydrogen-bond donors (Lipinski definition) is 1. The van der Waals surface area contributed by atoms with Crippen molar-refractivity contribution in [3.63, 3.8) is 0 Å². The molecule has 0 spiro atoms. The predicted molar refractivity (Wildman–Crippen MR) is 71.3 cm³/mol. The van der Waals surface area contributed by atoms with E-state index in [1.165, 1.54) is 0 Å². The first-order chi connectivity index (χ1) is 8.20. The van der Waals surface area contributed by atoms with Gasteiger partial charge in [-0.15, -0.1) is 0 Å². The molecule has 0 bridgehead atoms. The summed E-state index contributed by atoms with van der Waals surface area (Å²) in [6, 6.07) is 5.89. The van der Waals surface area contributed by atoms with Crippen LogP contribution < -0.4 is 5.73 Å². The molecular formula is C14H15N3. The Morgan fingerprint density at radius 3 is 2.94 bits per heavy atom. The van der Waals surface area contributed by atoms with E-state index < -0.39 is 0 Å². The lowest BCUT2D eigenvalue weighted by molar-refractivity contribution is 1.19. The van der Waals surface area contributed by atoms with Crippen molar-refractivity contribution in [2.75, 3.05) is 0 Å². The number of hydrogen-bond acceptors (Lipinski definition) is 2. The number of nitrogens with zero attached hydrogens (tertiary/aromatic N) is 2. The Bertz CT molecular complexity index is 570. The van der Waals surface area contributed by atoms with Crippen molar-refractivity contribution in [2.24, 2.45) is 5.73 Å². The summed E-state index contributed by atoms with van der Waals surface area (Å²) < 4.78 is 1.97. The molecule has 3 heteroatoms. The maximum atomic E-state index is 5.68. The first-order valence-electron chi connectivity index (χ1n) is 5.43. The molecule has 0 aliphatic rings. The predicted octanol–water partition coefficient (Wildman–Crippen LogP) is 2.77. The van der Waals surface area contributed by atoms with Crippen LogP contribution in [0.3, 0.4) is 0 Å². The fraction of sp³-hybridized carbons (Fsp3) is 0.0714. The van der Waals surface area contributed by atoms with Gasteiger partial charge in [-0.1, -0.05) is 24.8 Å². The van der Waals surface area contributed by atoms with Crippen LogP contribution in [0.25, 0.3) is 11.2 Å². The Labute approximate surface area is 101 Å². The highest BCUT2D eigenvalue weighted by Gasteiger charge is 2.01. The molecule has 3 nitrogen and oxygen atoms in total. The van der Waals surface area contributed by atoms with E-state index in [-0.39, 0.29) is 0 Å². The summed E-state index contributed by atoms with van der Waals surface area (Å²) >= 11 is 0. The van der Waals surface area contributed by atoms with E-state index in [0.29, 0.717) is 0 Å². The summed E-state index contributed by atoms with van der Waals surface area (Å²) in [6.07, 6.45) is 9.45. The second-order valence-corrected chi connectivity index (χ2v) is 3.74. The minimum absolute atomic E-state index is 0.718. The van der Waals surface area contributed by atoms with E-state index in [2.05, 4.69) is 11.6 Å². The maximum absolute atomic E-state index is 5.68. The summed E-state index contributed by atoms with van der Waals surface area (Å²) in [5.74, 6) is 0. The Balaban J connectivity index is 2.28. The molecule has 0 amide bonds. The second kappa shape index (κ2) is 4.70. The highest BCUT2D eigenvalue weighted by atomic mass is 15.0. The van der Waals surface area contributed by atoms with Gasteiger partial charge in [-0.05, 0) is 30.7 Å². The van der Waals surface area contributed by atoms with Crippen molar-refractivity contribution in [1.29, 1.82) is 0 Å². The van der Waals surface area contributed by atoms with Gasteiger partial charge in [0.1, 0.15) is 5.65 Å². The van der Waals surface area contributed by atoms with Crippen LogP contribution in [0.5, 0.6) is 0 Å². The Morgan fingerprint density at radius 2 is 2.24 bits per heavy atom. The van der Waals surface area contributed by atoms with Gasteiger partial charge in [-0.3, -0.25) is 0 Å². The zero-order valence-electron chi connectivity index (χ0n) is 9.80. The van der Waals surface area contributed by atoms with Crippen LogP contribution in [-0.2, 0) is 0 Å². The highest BCUT2D eigenvalue weighted by molar-refractivity contribution is 5.71. The van der Waals surface area contributed by atoms with Gasteiger partial charge < -0.3 is 10.1 Å². The third kappa shape index (κ3) is 2.45. The number of pyridine rings is 1. The van der Waals surface area contributed by atoms with Crippen molar-refractivity contribution < 1.29 is 0 Å². The zero-order valence-corrected chi connectivity index (χ0v) is 9.80. The second-order valence-electron chi connectivity index (χ2n) is 3.74. The van der Waals surface area contributed by atoms with Crippen molar-refractivity contribution in [2.45, 2.75) is 6.92 Å². The fourth-order valence-corrected chi connectivity index (χ4v) is 1.47. The normalized spacial score (nSPS) is 12.4. The molecule has 0 atom stereocenters. The topological polar surface area (TPSA) is 43.3 Å². The molecular weight excluding hydrogens is 210 g/mol. The molecule has 17 heavy (non-hydrogen) atoms. The molecule has 2 N–H and O–H groups in total. The summed E-state index contributed by atoms with van der Waals surface area (Å²) in [6.45, 7) is 5.88. The molecule has 0 aliphatic carbocycles. The molecule has 0 unspecified atom stereocenters. The van der Waals surface area contributed by atoms with Gasteiger partial charge in [0, 0.05) is 18.1 Å². The average Bonchev–Trinajstić information content (AvgIpc) is 2.79. The molecule has 0 saturated carbocycles. The minimum atomic E-state index is 0.718. The number of fused-ring (bicyclic) bond motifs is 1. The van der Waals surface area contributed by atoms with Crippen LogP contribution in [0.15, 0.2) is 61.1 Å². The van der Waals surface area contributed by atoms with E-state index >= 15 is 0 Å². The molecule has 0 saturated heterocycles. The van der Waals surface area contributed by atoms with E-state index in [9.17, 15) is 0 Å². The Hall–Kier alpha value is -2.29. The van der Waals surface area contributed by atoms with Crippen LogP contribution >= 0.6 is 0 Å². The monoisotopic (exact) mass is 225 g/mol. The lowest BCUT2D eigenvalue weighted by Crippen LogP contribution is -1.91. The fourth-order valence-electron chi connectivity index (χ4n) is 1.47.